The van der Waals surface area contributed by atoms with Gasteiger partial charge in [-0.25, -0.2) is 9.98 Å². The number of aliphatic hydroxyl groups is 2. The molecule has 3 heterocycles. The van der Waals surface area contributed by atoms with Crippen molar-refractivity contribution in [3.63, 3.8) is 0 Å². The normalized spacial score (nSPS) is 36.9. The Hall–Kier alpha value is -1.97. The summed E-state index contributed by atoms with van der Waals surface area (Å²) in [4.78, 5) is 21.6. The molecule has 0 bridgehead atoms. The molecule has 0 aliphatic carbocycles. The predicted molar refractivity (Wildman–Crippen MR) is 63.7 cm³/mol. The molecule has 3 rings (SSSR count). The Morgan fingerprint density at radius 3 is 3.05 bits per heavy atom. The van der Waals surface area contributed by atoms with Crippen molar-refractivity contribution in [3.05, 3.63) is 11.5 Å². The number of aliphatic imine (C=N–C) groups is 2. The highest BCUT2D eigenvalue weighted by Crippen LogP contribution is 2.28. The van der Waals surface area contributed by atoms with Gasteiger partial charge in [0.2, 0.25) is 5.78 Å². The van der Waals surface area contributed by atoms with Gasteiger partial charge in [0, 0.05) is 0 Å². The minimum Gasteiger partial charge on any atom is -0.394 e. The van der Waals surface area contributed by atoms with Crippen molar-refractivity contribution in [2.75, 3.05) is 6.61 Å². The van der Waals surface area contributed by atoms with Gasteiger partial charge >= 0.3 is 0 Å². The van der Waals surface area contributed by atoms with E-state index >= 15 is 0 Å². The van der Waals surface area contributed by atoms with Gasteiger partial charge in [0.15, 0.2) is 12.4 Å². The standard InChI is InChI=1S/C10H13N5O4/c11-8-5-9(13-2-12-8)15(3-14-5)10-7(18)6(17)4(1-16)19-10/h2-4,6,9-10,16-17H,1,11H2,(H,12,13)/t4-,6-,9?,10-/m1/s1. The van der Waals surface area contributed by atoms with E-state index in [2.05, 4.69) is 15.3 Å². The number of ether oxygens (including phenoxy) is 1. The monoisotopic (exact) mass is 267 g/mol. The molecule has 0 spiro atoms. The van der Waals surface area contributed by atoms with Crippen LogP contribution in [-0.4, -0.2) is 64.8 Å². The molecule has 5 N–H and O–H groups in total. The Bertz CT molecular complexity index is 502. The first-order chi connectivity index (χ1) is 9.13. The molecule has 3 aliphatic rings. The molecule has 9 nitrogen and oxygen atoms in total. The third-order valence-corrected chi connectivity index (χ3v) is 3.21. The first-order valence-corrected chi connectivity index (χ1v) is 5.71. The molecule has 19 heavy (non-hydrogen) atoms. The number of ketones is 1. The molecule has 0 amide bonds. The molecule has 9 heteroatoms. The van der Waals surface area contributed by atoms with E-state index in [1.807, 2.05) is 0 Å². The van der Waals surface area contributed by atoms with Crippen LogP contribution in [0, 0.1) is 0 Å². The molecule has 102 valence electrons. The van der Waals surface area contributed by atoms with Gasteiger partial charge in [-0.1, -0.05) is 0 Å². The second-order valence-electron chi connectivity index (χ2n) is 4.34. The Morgan fingerprint density at radius 2 is 2.37 bits per heavy atom. The summed E-state index contributed by atoms with van der Waals surface area (Å²) in [6, 6.07) is 0. The van der Waals surface area contributed by atoms with Crippen LogP contribution in [0.4, 0.5) is 0 Å². The lowest BCUT2D eigenvalue weighted by molar-refractivity contribution is -0.132. The van der Waals surface area contributed by atoms with E-state index in [4.69, 9.17) is 15.6 Å². The van der Waals surface area contributed by atoms with Crippen LogP contribution in [0.5, 0.6) is 0 Å². The number of hydrogen-bond acceptors (Lipinski definition) is 9. The molecule has 0 saturated carbocycles. The highest BCUT2D eigenvalue weighted by molar-refractivity contribution is 5.91. The maximum atomic E-state index is 11.9. The molecular weight excluding hydrogens is 254 g/mol. The topological polar surface area (TPSA) is 133 Å². The van der Waals surface area contributed by atoms with Gasteiger partial charge in [0.1, 0.15) is 23.7 Å². The Morgan fingerprint density at radius 1 is 1.58 bits per heavy atom. The summed E-state index contributed by atoms with van der Waals surface area (Å²) in [5.41, 5.74) is 6.20. The fraction of sp³-hybridized carbons (Fsp3) is 0.500. The molecule has 1 fully saturated rings. The summed E-state index contributed by atoms with van der Waals surface area (Å²) in [7, 11) is 0. The van der Waals surface area contributed by atoms with Crippen LogP contribution in [-0.2, 0) is 9.53 Å². The van der Waals surface area contributed by atoms with Gasteiger partial charge in [-0.3, -0.25) is 4.79 Å². The van der Waals surface area contributed by atoms with Crippen LogP contribution in [0.15, 0.2) is 21.5 Å². The fourth-order valence-corrected chi connectivity index (χ4v) is 2.19. The Kier molecular flexibility index (Phi) is 2.73. The maximum absolute atomic E-state index is 11.9. The number of fused-ring (bicyclic) bond motifs is 1. The maximum Gasteiger partial charge on any atom is 0.213 e. The van der Waals surface area contributed by atoms with Gasteiger partial charge in [-0.05, 0) is 0 Å². The van der Waals surface area contributed by atoms with E-state index in [0.29, 0.717) is 11.5 Å². The predicted octanol–water partition coefficient (Wildman–Crippen LogP) is -2.94. The zero-order valence-corrected chi connectivity index (χ0v) is 9.80. The van der Waals surface area contributed by atoms with Crippen molar-refractivity contribution in [2.24, 2.45) is 15.7 Å². The number of Topliss-reactive ketones (excluding diaryl/α,β-unsaturated/α-hetero) is 1. The second-order valence-corrected chi connectivity index (χ2v) is 4.34. The number of nitrogens with zero attached hydrogens (tertiary/aromatic N) is 3. The summed E-state index contributed by atoms with van der Waals surface area (Å²) in [6.07, 6.45) is -1.06. The average Bonchev–Trinajstić information content (AvgIpc) is 2.94. The number of hydrogen-bond donors (Lipinski definition) is 4. The minimum absolute atomic E-state index is 0.350. The molecule has 3 aliphatic heterocycles. The van der Waals surface area contributed by atoms with Crippen LogP contribution < -0.4 is 11.1 Å². The third kappa shape index (κ3) is 1.70. The number of aliphatic hydroxyl groups excluding tert-OH is 2. The number of carbonyl (C=O) groups is 1. The lowest BCUT2D eigenvalue weighted by Crippen LogP contribution is -2.45. The fourth-order valence-electron chi connectivity index (χ4n) is 2.19. The summed E-state index contributed by atoms with van der Waals surface area (Å²) in [5.74, 6) is -0.178. The van der Waals surface area contributed by atoms with Gasteiger partial charge in [0.05, 0.1) is 19.3 Å². The van der Waals surface area contributed by atoms with E-state index in [-0.39, 0.29) is 0 Å². The molecule has 0 aromatic heterocycles. The van der Waals surface area contributed by atoms with Crippen molar-refractivity contribution >= 4 is 18.5 Å². The number of rotatable bonds is 2. The SMILES string of the molecule is NC1=C2N=CN([C@@H]3O[C@H](CO)[C@@H](O)C3=O)C2N=CN1. The summed E-state index contributed by atoms with van der Waals surface area (Å²) in [6.45, 7) is -0.436. The van der Waals surface area contributed by atoms with E-state index in [9.17, 15) is 9.90 Å². The van der Waals surface area contributed by atoms with Crippen molar-refractivity contribution in [1.29, 1.82) is 0 Å². The van der Waals surface area contributed by atoms with Crippen molar-refractivity contribution in [2.45, 2.75) is 24.6 Å². The van der Waals surface area contributed by atoms with Gasteiger partial charge in [0.25, 0.3) is 0 Å². The van der Waals surface area contributed by atoms with Crippen LogP contribution in [0.2, 0.25) is 0 Å². The lowest BCUT2D eigenvalue weighted by atomic mass is 10.1. The highest BCUT2D eigenvalue weighted by Gasteiger charge is 2.48. The van der Waals surface area contributed by atoms with E-state index < -0.39 is 37.0 Å². The first kappa shape index (κ1) is 12.1. The molecular formula is C10H13N5O4. The van der Waals surface area contributed by atoms with E-state index in [0.717, 1.165) is 0 Å². The van der Waals surface area contributed by atoms with E-state index in [1.54, 1.807) is 0 Å². The number of carbonyl (C=O) groups excluding carboxylic acids is 1. The molecule has 1 unspecified atom stereocenters. The molecule has 0 aromatic rings. The largest absolute Gasteiger partial charge is 0.394 e. The van der Waals surface area contributed by atoms with Gasteiger partial charge in [-0.2, -0.15) is 0 Å². The van der Waals surface area contributed by atoms with Gasteiger partial charge < -0.3 is 30.9 Å². The third-order valence-electron chi connectivity index (χ3n) is 3.21. The highest BCUT2D eigenvalue weighted by atomic mass is 16.6. The molecule has 0 aromatic carbocycles. The second kappa shape index (κ2) is 4.30. The van der Waals surface area contributed by atoms with Crippen LogP contribution in [0.3, 0.4) is 0 Å². The quantitative estimate of drug-likeness (QED) is 0.420. The molecule has 0 radical (unpaired) electrons. The summed E-state index contributed by atoms with van der Waals surface area (Å²) in [5, 5.41) is 21.4. The molecule has 4 atom stereocenters. The zero-order valence-electron chi connectivity index (χ0n) is 9.80. The number of nitrogens with two attached hydrogens (primary N) is 1. The smallest absolute Gasteiger partial charge is 0.213 e. The zero-order chi connectivity index (χ0) is 13.6. The first-order valence-electron chi connectivity index (χ1n) is 5.71. The lowest BCUT2D eigenvalue weighted by Gasteiger charge is -2.27. The molecule has 1 saturated heterocycles. The van der Waals surface area contributed by atoms with E-state index in [1.165, 1.54) is 17.6 Å². The van der Waals surface area contributed by atoms with Gasteiger partial charge in [-0.15, -0.1) is 0 Å². The number of nitrogens with one attached hydrogen (secondary N) is 1. The van der Waals surface area contributed by atoms with Crippen LogP contribution in [0.1, 0.15) is 0 Å². The van der Waals surface area contributed by atoms with Crippen molar-refractivity contribution < 1.29 is 19.7 Å². The Balaban J connectivity index is 1.85. The van der Waals surface area contributed by atoms with Crippen LogP contribution in [0.25, 0.3) is 0 Å². The summed E-state index contributed by atoms with van der Waals surface area (Å²) < 4.78 is 5.33. The average molecular weight is 267 g/mol. The van der Waals surface area contributed by atoms with Crippen molar-refractivity contribution in [3.8, 4) is 0 Å². The van der Waals surface area contributed by atoms with Crippen LogP contribution >= 0.6 is 0 Å². The minimum atomic E-state index is -1.35. The summed E-state index contributed by atoms with van der Waals surface area (Å²) >= 11 is 0. The Labute approximate surface area is 108 Å². The van der Waals surface area contributed by atoms with Crippen molar-refractivity contribution in [1.82, 2.24) is 10.2 Å².